The lowest BCUT2D eigenvalue weighted by atomic mass is 9.44. The Kier molecular flexibility index (Phi) is 6.88. The molecule has 4 aliphatic rings. The topological polar surface area (TPSA) is 98.0 Å². The van der Waals surface area contributed by atoms with Crippen molar-refractivity contribution in [3.63, 3.8) is 0 Å². The smallest absolute Gasteiger partial charge is 0.136 e. The van der Waals surface area contributed by atoms with Gasteiger partial charge in [0, 0.05) is 12.3 Å². The number of Topliss-reactive ketones (excluding diaryl/α,β-unsaturated/α-hetero) is 1. The van der Waals surface area contributed by atoms with Gasteiger partial charge in [0.2, 0.25) is 0 Å². The third kappa shape index (κ3) is 3.93. The molecule has 0 bridgehead atoms. The van der Waals surface area contributed by atoms with Crippen molar-refractivity contribution in [2.75, 3.05) is 0 Å². The zero-order valence-corrected chi connectivity index (χ0v) is 21.6. The molecule has 0 spiro atoms. The van der Waals surface area contributed by atoms with Crippen molar-refractivity contribution < 1.29 is 25.2 Å². The first-order chi connectivity index (χ1) is 15.3. The molecule has 4 rings (SSSR count). The van der Waals surface area contributed by atoms with Crippen molar-refractivity contribution in [3.05, 3.63) is 0 Å². The Balaban J connectivity index is 1.56. The zero-order valence-electron chi connectivity index (χ0n) is 21.6. The van der Waals surface area contributed by atoms with E-state index in [1.807, 2.05) is 6.92 Å². The van der Waals surface area contributed by atoms with Gasteiger partial charge in [-0.05, 0) is 90.8 Å². The maximum absolute atomic E-state index is 13.3. The minimum absolute atomic E-state index is 0.0158. The lowest BCUT2D eigenvalue weighted by Gasteiger charge is -2.61. The molecule has 33 heavy (non-hydrogen) atoms. The highest BCUT2D eigenvalue weighted by atomic mass is 16.3. The van der Waals surface area contributed by atoms with Crippen molar-refractivity contribution >= 4 is 5.78 Å². The van der Waals surface area contributed by atoms with Crippen molar-refractivity contribution in [3.8, 4) is 0 Å². The number of carbonyl (C=O) groups is 1. The predicted octanol–water partition coefficient (Wildman–Crippen LogP) is 3.81. The standard InChI is InChI=1S/C28H48O5/c1-14(2)15(3)25(32)26(33)16(4)18-7-8-19-17-11-22(29)21-12-23(30)24(31)13-28(21,6)20(17)9-10-27(18,19)5/h14-21,23-26,30-33H,7-13H2,1-6H3/t15-,16-,17+,18-,19-,20-,21+,23-,24+,25+,26+,27-,28+/m0/s1. The quantitative estimate of drug-likeness (QED) is 0.496. The van der Waals surface area contributed by atoms with Gasteiger partial charge in [0.1, 0.15) is 5.78 Å². The highest BCUT2D eigenvalue weighted by molar-refractivity contribution is 5.83. The van der Waals surface area contributed by atoms with Crippen LogP contribution in [0, 0.1) is 58.2 Å². The summed E-state index contributed by atoms with van der Waals surface area (Å²) in [6.45, 7) is 12.9. The van der Waals surface area contributed by atoms with Crippen LogP contribution in [0.2, 0.25) is 0 Å². The van der Waals surface area contributed by atoms with Crippen molar-refractivity contribution in [2.24, 2.45) is 58.2 Å². The summed E-state index contributed by atoms with van der Waals surface area (Å²) in [7, 11) is 0. The molecular weight excluding hydrogens is 416 g/mol. The van der Waals surface area contributed by atoms with E-state index < -0.39 is 24.4 Å². The van der Waals surface area contributed by atoms with E-state index in [2.05, 4.69) is 34.6 Å². The van der Waals surface area contributed by atoms with Gasteiger partial charge in [0.15, 0.2) is 0 Å². The highest BCUT2D eigenvalue weighted by Crippen LogP contribution is 2.67. The minimum atomic E-state index is -0.782. The highest BCUT2D eigenvalue weighted by Gasteiger charge is 2.63. The predicted molar refractivity (Wildman–Crippen MR) is 128 cm³/mol. The van der Waals surface area contributed by atoms with Crippen molar-refractivity contribution in [1.82, 2.24) is 0 Å². The molecule has 4 aliphatic carbocycles. The summed E-state index contributed by atoms with van der Waals surface area (Å²) in [4.78, 5) is 13.3. The average Bonchev–Trinajstić information content (AvgIpc) is 3.10. The Morgan fingerprint density at radius 3 is 2.15 bits per heavy atom. The second kappa shape index (κ2) is 8.87. The monoisotopic (exact) mass is 464 g/mol. The summed E-state index contributed by atoms with van der Waals surface area (Å²) >= 11 is 0. The van der Waals surface area contributed by atoms with Crippen LogP contribution in [0.25, 0.3) is 0 Å². The number of hydrogen-bond donors (Lipinski definition) is 4. The van der Waals surface area contributed by atoms with Gasteiger partial charge < -0.3 is 20.4 Å². The second-order valence-electron chi connectivity index (χ2n) is 13.4. The number of aliphatic hydroxyl groups is 4. The first-order valence-corrected chi connectivity index (χ1v) is 13.6. The molecule has 0 aliphatic heterocycles. The lowest BCUT2D eigenvalue weighted by molar-refractivity contribution is -0.175. The van der Waals surface area contributed by atoms with Crippen LogP contribution in [0.5, 0.6) is 0 Å². The molecule has 190 valence electrons. The molecule has 4 fully saturated rings. The summed E-state index contributed by atoms with van der Waals surface area (Å²) < 4.78 is 0. The maximum Gasteiger partial charge on any atom is 0.136 e. The normalized spacial score (nSPS) is 49.1. The Bertz CT molecular complexity index is 738. The number of ketones is 1. The average molecular weight is 465 g/mol. The second-order valence-corrected chi connectivity index (χ2v) is 13.4. The van der Waals surface area contributed by atoms with Crippen LogP contribution in [0.4, 0.5) is 0 Å². The molecule has 4 saturated carbocycles. The first-order valence-electron chi connectivity index (χ1n) is 13.6. The molecule has 0 saturated heterocycles. The van der Waals surface area contributed by atoms with Gasteiger partial charge in [-0.1, -0.05) is 41.5 Å². The molecule has 13 atom stereocenters. The molecule has 4 N–H and O–H groups in total. The number of aliphatic hydroxyl groups excluding tert-OH is 4. The van der Waals surface area contributed by atoms with E-state index in [4.69, 9.17) is 0 Å². The van der Waals surface area contributed by atoms with Crippen LogP contribution in [-0.4, -0.2) is 50.6 Å². The van der Waals surface area contributed by atoms with E-state index in [9.17, 15) is 25.2 Å². The van der Waals surface area contributed by atoms with Crippen LogP contribution in [0.3, 0.4) is 0 Å². The SMILES string of the molecule is CC(C)[C@H](C)[C@@H](O)[C@H](O)[C@@H](C)[C@@H]1CC[C@H]2[C@H]3CC(=O)[C@H]4C[C@H](O)[C@H](O)C[C@]4(C)[C@H]3CC[C@@]12C. The molecular formula is C28H48O5. The molecule has 5 heteroatoms. The molecule has 0 unspecified atom stereocenters. The van der Waals surface area contributed by atoms with Gasteiger partial charge in [-0.25, -0.2) is 0 Å². The Morgan fingerprint density at radius 1 is 0.879 bits per heavy atom. The molecule has 0 aromatic rings. The summed E-state index contributed by atoms with van der Waals surface area (Å²) in [6, 6.07) is 0. The number of hydrogen-bond acceptors (Lipinski definition) is 5. The molecule has 0 aromatic heterocycles. The van der Waals surface area contributed by atoms with E-state index in [1.54, 1.807) is 0 Å². The largest absolute Gasteiger partial charge is 0.390 e. The summed E-state index contributed by atoms with van der Waals surface area (Å²) in [5, 5.41) is 42.8. The fourth-order valence-corrected chi connectivity index (χ4v) is 9.23. The van der Waals surface area contributed by atoms with E-state index >= 15 is 0 Å². The molecule has 5 nitrogen and oxygen atoms in total. The van der Waals surface area contributed by atoms with Gasteiger partial charge in [-0.15, -0.1) is 0 Å². The van der Waals surface area contributed by atoms with Crippen LogP contribution in [-0.2, 0) is 4.79 Å². The van der Waals surface area contributed by atoms with Gasteiger partial charge >= 0.3 is 0 Å². The van der Waals surface area contributed by atoms with Crippen molar-refractivity contribution in [1.29, 1.82) is 0 Å². The zero-order chi connectivity index (χ0) is 24.5. The van der Waals surface area contributed by atoms with Crippen LogP contribution in [0.15, 0.2) is 0 Å². The molecule has 0 radical (unpaired) electrons. The van der Waals surface area contributed by atoms with Gasteiger partial charge in [0.25, 0.3) is 0 Å². The fourth-order valence-electron chi connectivity index (χ4n) is 9.23. The number of carbonyl (C=O) groups excluding carboxylic acids is 1. The molecule has 0 aromatic carbocycles. The summed E-state index contributed by atoms with van der Waals surface area (Å²) in [5.41, 5.74) is -0.162. The lowest BCUT2D eigenvalue weighted by Crippen LogP contribution is -2.59. The third-order valence-electron chi connectivity index (χ3n) is 11.7. The minimum Gasteiger partial charge on any atom is -0.390 e. The Labute approximate surface area is 200 Å². The molecule has 0 amide bonds. The molecule has 0 heterocycles. The number of rotatable bonds is 5. The van der Waals surface area contributed by atoms with E-state index in [-0.39, 0.29) is 34.4 Å². The van der Waals surface area contributed by atoms with E-state index in [0.717, 1.165) is 25.7 Å². The Hall–Kier alpha value is -0.490. The first kappa shape index (κ1) is 25.6. The fraction of sp³-hybridized carbons (Fsp3) is 0.964. The van der Waals surface area contributed by atoms with Crippen LogP contribution >= 0.6 is 0 Å². The maximum atomic E-state index is 13.3. The van der Waals surface area contributed by atoms with E-state index in [0.29, 0.717) is 48.9 Å². The van der Waals surface area contributed by atoms with Crippen molar-refractivity contribution in [2.45, 2.75) is 111 Å². The van der Waals surface area contributed by atoms with Crippen LogP contribution < -0.4 is 0 Å². The summed E-state index contributed by atoms with van der Waals surface area (Å²) in [5.74, 6) is 2.05. The number of fused-ring (bicyclic) bond motifs is 5. The van der Waals surface area contributed by atoms with Crippen LogP contribution in [0.1, 0.15) is 86.5 Å². The summed E-state index contributed by atoms with van der Waals surface area (Å²) in [6.07, 6.45) is 2.80. The Morgan fingerprint density at radius 2 is 1.52 bits per heavy atom. The van der Waals surface area contributed by atoms with E-state index in [1.165, 1.54) is 0 Å². The third-order valence-corrected chi connectivity index (χ3v) is 11.7. The van der Waals surface area contributed by atoms with Gasteiger partial charge in [0.05, 0.1) is 24.4 Å². The van der Waals surface area contributed by atoms with Gasteiger partial charge in [-0.2, -0.15) is 0 Å². The van der Waals surface area contributed by atoms with Gasteiger partial charge in [-0.3, -0.25) is 4.79 Å².